The molecule has 1 saturated heterocycles. The van der Waals surface area contributed by atoms with Crippen molar-refractivity contribution in [1.29, 1.82) is 0 Å². The third-order valence-corrected chi connectivity index (χ3v) is 4.74. The van der Waals surface area contributed by atoms with E-state index in [0.717, 1.165) is 12.6 Å². The van der Waals surface area contributed by atoms with Gasteiger partial charge in [0.1, 0.15) is 0 Å². The second-order valence-electron chi connectivity index (χ2n) is 6.07. The van der Waals surface area contributed by atoms with Gasteiger partial charge in [-0.25, -0.2) is 0 Å². The van der Waals surface area contributed by atoms with Crippen molar-refractivity contribution in [1.82, 2.24) is 9.80 Å². The molecule has 0 bridgehead atoms. The average Bonchev–Trinajstić information content (AvgIpc) is 2.47. The maximum absolute atomic E-state index is 5.98. The van der Waals surface area contributed by atoms with Gasteiger partial charge < -0.3 is 5.73 Å². The topological polar surface area (TPSA) is 32.5 Å². The molecule has 114 valence electrons. The maximum atomic E-state index is 5.98. The van der Waals surface area contributed by atoms with Crippen LogP contribution in [0.25, 0.3) is 0 Å². The normalized spacial score (nSPS) is 21.5. The summed E-state index contributed by atoms with van der Waals surface area (Å²) in [4.78, 5) is 5.26. The lowest BCUT2D eigenvalue weighted by atomic mass is 10.0. The number of unbranched alkanes of at least 4 members (excludes halogenated alkanes) is 3. The number of piperazine rings is 1. The van der Waals surface area contributed by atoms with E-state index in [2.05, 4.69) is 30.6 Å². The molecule has 0 spiro atoms. The summed E-state index contributed by atoms with van der Waals surface area (Å²) in [5.41, 5.74) is 5.98. The number of hydrogen-bond donors (Lipinski definition) is 1. The zero-order chi connectivity index (χ0) is 14.1. The Bertz CT molecular complexity index is 212. The lowest BCUT2D eigenvalue weighted by Crippen LogP contribution is -2.54. The molecule has 1 rings (SSSR count). The van der Waals surface area contributed by atoms with Crippen LogP contribution in [0.2, 0.25) is 0 Å². The molecule has 0 radical (unpaired) electrons. The van der Waals surface area contributed by atoms with Crippen molar-refractivity contribution in [3.63, 3.8) is 0 Å². The summed E-state index contributed by atoms with van der Waals surface area (Å²) >= 11 is 0. The van der Waals surface area contributed by atoms with E-state index in [1.807, 2.05) is 0 Å². The highest BCUT2D eigenvalue weighted by atomic mass is 15.3. The minimum Gasteiger partial charge on any atom is -0.329 e. The molecule has 1 fully saturated rings. The van der Waals surface area contributed by atoms with E-state index in [-0.39, 0.29) is 0 Å². The van der Waals surface area contributed by atoms with E-state index in [4.69, 9.17) is 5.73 Å². The van der Waals surface area contributed by atoms with Crippen molar-refractivity contribution in [2.75, 3.05) is 32.7 Å². The molecule has 0 saturated carbocycles. The van der Waals surface area contributed by atoms with Crippen molar-refractivity contribution in [3.05, 3.63) is 0 Å². The van der Waals surface area contributed by atoms with Crippen LogP contribution in [0.1, 0.15) is 59.3 Å². The number of nitrogens with zero attached hydrogens (tertiary/aromatic N) is 2. The number of hydrogen-bond acceptors (Lipinski definition) is 3. The van der Waals surface area contributed by atoms with Crippen LogP contribution < -0.4 is 5.73 Å². The molecule has 1 aliphatic rings. The zero-order valence-electron chi connectivity index (χ0n) is 13.4. The molecular formula is C16H35N3. The highest BCUT2D eigenvalue weighted by molar-refractivity contribution is 4.81. The first-order chi connectivity index (χ1) is 9.22. The van der Waals surface area contributed by atoms with Crippen molar-refractivity contribution in [2.45, 2.75) is 71.4 Å². The molecule has 0 aromatic carbocycles. The lowest BCUT2D eigenvalue weighted by molar-refractivity contribution is 0.0710. The van der Waals surface area contributed by atoms with E-state index in [1.54, 1.807) is 0 Å². The van der Waals surface area contributed by atoms with Crippen molar-refractivity contribution >= 4 is 0 Å². The Morgan fingerprint density at radius 1 is 0.947 bits per heavy atom. The summed E-state index contributed by atoms with van der Waals surface area (Å²) in [5.74, 6) is 0. The van der Waals surface area contributed by atoms with Crippen LogP contribution in [-0.2, 0) is 0 Å². The van der Waals surface area contributed by atoms with Gasteiger partial charge in [0, 0.05) is 44.8 Å². The summed E-state index contributed by atoms with van der Waals surface area (Å²) in [7, 11) is 0. The SMILES string of the molecule is CCCCCCC(CN)N1CCN(C(C)CC)CC1. The molecule has 0 aromatic heterocycles. The molecule has 2 unspecified atom stereocenters. The molecule has 19 heavy (non-hydrogen) atoms. The molecule has 0 aromatic rings. The van der Waals surface area contributed by atoms with Crippen LogP contribution in [-0.4, -0.2) is 54.6 Å². The first kappa shape index (κ1) is 16.9. The molecule has 3 nitrogen and oxygen atoms in total. The smallest absolute Gasteiger partial charge is 0.0219 e. The molecule has 2 N–H and O–H groups in total. The van der Waals surface area contributed by atoms with Gasteiger partial charge in [0.2, 0.25) is 0 Å². The summed E-state index contributed by atoms with van der Waals surface area (Å²) in [6.07, 6.45) is 7.97. The lowest BCUT2D eigenvalue weighted by Gasteiger charge is -2.41. The zero-order valence-corrected chi connectivity index (χ0v) is 13.4. The summed E-state index contributed by atoms with van der Waals surface area (Å²) in [6.45, 7) is 12.6. The van der Waals surface area contributed by atoms with E-state index in [0.29, 0.717) is 6.04 Å². The van der Waals surface area contributed by atoms with Gasteiger partial charge in [-0.05, 0) is 19.8 Å². The van der Waals surface area contributed by atoms with Crippen LogP contribution in [0.15, 0.2) is 0 Å². The van der Waals surface area contributed by atoms with E-state index in [1.165, 1.54) is 64.7 Å². The predicted molar refractivity (Wildman–Crippen MR) is 84.5 cm³/mol. The molecular weight excluding hydrogens is 234 g/mol. The molecule has 1 aliphatic heterocycles. The standard InChI is InChI=1S/C16H35N3/c1-4-6-7-8-9-16(14-17)19-12-10-18(11-13-19)15(3)5-2/h15-16H,4-14,17H2,1-3H3. The quantitative estimate of drug-likeness (QED) is 0.653. The van der Waals surface area contributed by atoms with E-state index >= 15 is 0 Å². The van der Waals surface area contributed by atoms with Crippen molar-refractivity contribution in [3.8, 4) is 0 Å². The fourth-order valence-electron chi connectivity index (χ4n) is 3.06. The minimum atomic E-state index is 0.621. The van der Waals surface area contributed by atoms with Crippen molar-refractivity contribution < 1.29 is 0 Å². The second kappa shape index (κ2) is 9.73. The summed E-state index contributed by atoms with van der Waals surface area (Å²) < 4.78 is 0. The van der Waals surface area contributed by atoms with Gasteiger partial charge in [-0.15, -0.1) is 0 Å². The maximum Gasteiger partial charge on any atom is 0.0219 e. The van der Waals surface area contributed by atoms with Gasteiger partial charge in [0.25, 0.3) is 0 Å². The Morgan fingerprint density at radius 2 is 1.58 bits per heavy atom. The summed E-state index contributed by atoms with van der Waals surface area (Å²) in [6, 6.07) is 1.36. The fraction of sp³-hybridized carbons (Fsp3) is 1.00. The molecule has 0 amide bonds. The molecule has 3 heteroatoms. The van der Waals surface area contributed by atoms with Crippen molar-refractivity contribution in [2.24, 2.45) is 5.73 Å². The molecule has 2 atom stereocenters. The van der Waals surface area contributed by atoms with Gasteiger partial charge in [0.15, 0.2) is 0 Å². The highest BCUT2D eigenvalue weighted by Crippen LogP contribution is 2.15. The fourth-order valence-corrected chi connectivity index (χ4v) is 3.06. The Kier molecular flexibility index (Phi) is 8.67. The Labute approximate surface area is 120 Å². The minimum absolute atomic E-state index is 0.621. The van der Waals surface area contributed by atoms with Crippen LogP contribution in [0.5, 0.6) is 0 Å². The van der Waals surface area contributed by atoms with Gasteiger partial charge in [-0.2, -0.15) is 0 Å². The Hall–Kier alpha value is -0.120. The van der Waals surface area contributed by atoms with Crippen LogP contribution in [0.3, 0.4) is 0 Å². The van der Waals surface area contributed by atoms with E-state index in [9.17, 15) is 0 Å². The monoisotopic (exact) mass is 269 g/mol. The number of rotatable bonds is 9. The predicted octanol–water partition coefficient (Wildman–Crippen LogP) is 2.70. The van der Waals surface area contributed by atoms with Gasteiger partial charge in [0.05, 0.1) is 0 Å². The largest absolute Gasteiger partial charge is 0.329 e. The third kappa shape index (κ3) is 5.80. The first-order valence-electron chi connectivity index (χ1n) is 8.41. The second-order valence-corrected chi connectivity index (χ2v) is 6.07. The third-order valence-electron chi connectivity index (χ3n) is 4.74. The Morgan fingerprint density at radius 3 is 2.11 bits per heavy atom. The number of nitrogens with two attached hydrogens (primary N) is 1. The average molecular weight is 269 g/mol. The van der Waals surface area contributed by atoms with Gasteiger partial charge in [-0.3, -0.25) is 9.80 Å². The van der Waals surface area contributed by atoms with Crippen LogP contribution >= 0.6 is 0 Å². The molecule has 0 aliphatic carbocycles. The Balaban J connectivity index is 2.26. The first-order valence-corrected chi connectivity index (χ1v) is 8.41. The molecule has 1 heterocycles. The van der Waals surface area contributed by atoms with Gasteiger partial charge >= 0.3 is 0 Å². The van der Waals surface area contributed by atoms with Crippen LogP contribution in [0, 0.1) is 0 Å². The van der Waals surface area contributed by atoms with Crippen LogP contribution in [0.4, 0.5) is 0 Å². The summed E-state index contributed by atoms with van der Waals surface area (Å²) in [5, 5.41) is 0. The van der Waals surface area contributed by atoms with E-state index < -0.39 is 0 Å². The highest BCUT2D eigenvalue weighted by Gasteiger charge is 2.24. The van der Waals surface area contributed by atoms with Gasteiger partial charge in [-0.1, -0.05) is 39.5 Å².